The standard InChI is InChI=1S/C23H27N5O2/c1-30-19-8-5-17(6-9-19)26-12-14-27(15-13-26)18-7-10-21-20(16-18)23(29)28(25-21)22-4-2-3-11-24-22/h2-6,8-9,11,18,25H,7,10,12-16H2,1H3. The van der Waals surface area contributed by atoms with Crippen LogP contribution in [0.25, 0.3) is 5.82 Å². The number of rotatable bonds is 4. The Bertz CT molecular complexity index is 1050. The van der Waals surface area contributed by atoms with Crippen molar-refractivity contribution in [2.45, 2.75) is 25.3 Å². The molecule has 0 bridgehead atoms. The van der Waals surface area contributed by atoms with Crippen molar-refractivity contribution in [3.63, 3.8) is 0 Å². The van der Waals surface area contributed by atoms with Crippen molar-refractivity contribution in [2.24, 2.45) is 0 Å². The van der Waals surface area contributed by atoms with Gasteiger partial charge in [0.2, 0.25) is 0 Å². The van der Waals surface area contributed by atoms with E-state index in [0.717, 1.165) is 62.4 Å². The maximum absolute atomic E-state index is 13.0. The Kier molecular flexibility index (Phi) is 5.04. The summed E-state index contributed by atoms with van der Waals surface area (Å²) >= 11 is 0. The molecular weight excluding hydrogens is 378 g/mol. The maximum atomic E-state index is 13.0. The number of hydrogen-bond acceptors (Lipinski definition) is 5. The zero-order valence-electron chi connectivity index (χ0n) is 17.3. The number of fused-ring (bicyclic) bond motifs is 1. The largest absolute Gasteiger partial charge is 0.497 e. The van der Waals surface area contributed by atoms with E-state index in [1.165, 1.54) is 5.69 Å². The van der Waals surface area contributed by atoms with Crippen molar-refractivity contribution in [3.8, 4) is 11.6 Å². The fraction of sp³-hybridized carbons (Fsp3) is 0.391. The van der Waals surface area contributed by atoms with Crippen LogP contribution in [-0.2, 0) is 12.8 Å². The molecule has 1 atom stereocenters. The Labute approximate surface area is 175 Å². The van der Waals surface area contributed by atoms with E-state index in [1.807, 2.05) is 30.3 Å². The van der Waals surface area contributed by atoms with Crippen molar-refractivity contribution in [1.29, 1.82) is 0 Å². The van der Waals surface area contributed by atoms with Gasteiger partial charge in [-0.05, 0) is 55.7 Å². The monoisotopic (exact) mass is 405 g/mol. The molecule has 0 saturated carbocycles. The first-order valence-electron chi connectivity index (χ1n) is 10.6. The molecule has 0 amide bonds. The summed E-state index contributed by atoms with van der Waals surface area (Å²) in [4.78, 5) is 22.3. The smallest absolute Gasteiger partial charge is 0.276 e. The second-order valence-electron chi connectivity index (χ2n) is 8.02. The van der Waals surface area contributed by atoms with E-state index in [2.05, 4.69) is 32.0 Å². The van der Waals surface area contributed by atoms with Crippen LogP contribution < -0.4 is 15.2 Å². The summed E-state index contributed by atoms with van der Waals surface area (Å²) in [6.07, 6.45) is 4.52. The quantitative estimate of drug-likeness (QED) is 0.721. The molecule has 5 rings (SSSR count). The van der Waals surface area contributed by atoms with Gasteiger partial charge in [0.25, 0.3) is 5.56 Å². The molecular formula is C23H27N5O2. The number of H-pyrrole nitrogens is 1. The molecule has 1 aromatic carbocycles. The molecule has 1 fully saturated rings. The molecule has 0 spiro atoms. The second-order valence-corrected chi connectivity index (χ2v) is 8.02. The maximum Gasteiger partial charge on any atom is 0.276 e. The van der Waals surface area contributed by atoms with Gasteiger partial charge in [0.15, 0.2) is 5.82 Å². The third kappa shape index (κ3) is 3.50. The van der Waals surface area contributed by atoms with Gasteiger partial charge in [0.1, 0.15) is 5.75 Å². The summed E-state index contributed by atoms with van der Waals surface area (Å²) in [5.74, 6) is 1.54. The van der Waals surface area contributed by atoms with E-state index >= 15 is 0 Å². The Morgan fingerprint density at radius 1 is 1.07 bits per heavy atom. The van der Waals surface area contributed by atoms with Crippen LogP contribution in [0.5, 0.6) is 5.75 Å². The highest BCUT2D eigenvalue weighted by Crippen LogP contribution is 2.25. The van der Waals surface area contributed by atoms with Crippen LogP contribution in [0.4, 0.5) is 5.69 Å². The Hall–Kier alpha value is -3.06. The van der Waals surface area contributed by atoms with Gasteiger partial charge < -0.3 is 9.64 Å². The van der Waals surface area contributed by atoms with Gasteiger partial charge in [-0.2, -0.15) is 0 Å². The molecule has 1 aliphatic heterocycles. The number of methoxy groups -OCH3 is 1. The first-order valence-corrected chi connectivity index (χ1v) is 10.6. The van der Waals surface area contributed by atoms with Crippen LogP contribution in [0, 0.1) is 0 Å². The van der Waals surface area contributed by atoms with Crippen LogP contribution in [0.15, 0.2) is 53.5 Å². The zero-order valence-corrected chi connectivity index (χ0v) is 17.3. The summed E-state index contributed by atoms with van der Waals surface area (Å²) in [7, 11) is 1.69. The van der Waals surface area contributed by atoms with Gasteiger partial charge in [-0.15, -0.1) is 0 Å². The van der Waals surface area contributed by atoms with E-state index in [-0.39, 0.29) is 5.56 Å². The van der Waals surface area contributed by atoms with Gasteiger partial charge in [-0.1, -0.05) is 6.07 Å². The molecule has 3 aromatic rings. The van der Waals surface area contributed by atoms with E-state index in [0.29, 0.717) is 11.9 Å². The number of pyridine rings is 1. The van der Waals surface area contributed by atoms with E-state index < -0.39 is 0 Å². The first kappa shape index (κ1) is 18.9. The van der Waals surface area contributed by atoms with Gasteiger partial charge in [0.05, 0.1) is 7.11 Å². The number of aryl methyl sites for hydroxylation is 1. The molecule has 2 aromatic heterocycles. The van der Waals surface area contributed by atoms with Crippen LogP contribution in [0.2, 0.25) is 0 Å². The molecule has 1 aliphatic carbocycles. The topological polar surface area (TPSA) is 66.4 Å². The lowest BCUT2D eigenvalue weighted by Gasteiger charge is -2.41. The van der Waals surface area contributed by atoms with Gasteiger partial charge in [-0.3, -0.25) is 14.8 Å². The van der Waals surface area contributed by atoms with Crippen molar-refractivity contribution >= 4 is 5.69 Å². The minimum absolute atomic E-state index is 0.0465. The Morgan fingerprint density at radius 2 is 1.87 bits per heavy atom. The molecule has 3 heterocycles. The molecule has 1 N–H and O–H groups in total. The molecule has 2 aliphatic rings. The zero-order chi connectivity index (χ0) is 20.5. The fourth-order valence-corrected chi connectivity index (χ4v) is 4.68. The molecule has 7 heteroatoms. The summed E-state index contributed by atoms with van der Waals surface area (Å²) < 4.78 is 6.85. The average Bonchev–Trinajstić information content (AvgIpc) is 3.16. The molecule has 156 valence electrons. The molecule has 1 saturated heterocycles. The van der Waals surface area contributed by atoms with Crippen molar-refractivity contribution < 1.29 is 4.74 Å². The van der Waals surface area contributed by atoms with E-state index in [1.54, 1.807) is 18.0 Å². The second kappa shape index (κ2) is 7.99. The molecule has 30 heavy (non-hydrogen) atoms. The lowest BCUT2D eigenvalue weighted by molar-refractivity contribution is 0.169. The van der Waals surface area contributed by atoms with Crippen molar-refractivity contribution in [3.05, 3.63) is 70.3 Å². The molecule has 0 radical (unpaired) electrons. The van der Waals surface area contributed by atoms with Gasteiger partial charge in [-0.25, -0.2) is 9.67 Å². The summed E-state index contributed by atoms with van der Waals surface area (Å²) in [6, 6.07) is 14.3. The number of aromatic amines is 1. The normalized spacial score (nSPS) is 19.5. The number of benzene rings is 1. The third-order valence-electron chi connectivity index (χ3n) is 6.39. The van der Waals surface area contributed by atoms with Crippen LogP contribution in [0.3, 0.4) is 0 Å². The SMILES string of the molecule is COc1ccc(N2CCN(C3CCc4[nH]n(-c5ccccn5)c(=O)c4C3)CC2)cc1. The summed E-state index contributed by atoms with van der Waals surface area (Å²) in [5, 5.41) is 3.28. The van der Waals surface area contributed by atoms with Crippen LogP contribution in [0.1, 0.15) is 17.7 Å². The Balaban J connectivity index is 1.26. The minimum Gasteiger partial charge on any atom is -0.497 e. The highest BCUT2D eigenvalue weighted by atomic mass is 16.5. The summed E-state index contributed by atoms with van der Waals surface area (Å²) in [5.41, 5.74) is 3.28. The van der Waals surface area contributed by atoms with Gasteiger partial charge >= 0.3 is 0 Å². The predicted octanol–water partition coefficient (Wildman–Crippen LogP) is 2.25. The highest BCUT2D eigenvalue weighted by molar-refractivity contribution is 5.49. The average molecular weight is 406 g/mol. The number of piperazine rings is 1. The Morgan fingerprint density at radius 3 is 2.57 bits per heavy atom. The van der Waals surface area contributed by atoms with Crippen LogP contribution >= 0.6 is 0 Å². The number of hydrogen-bond donors (Lipinski definition) is 1. The number of aromatic nitrogens is 3. The number of nitrogens with zero attached hydrogens (tertiary/aromatic N) is 4. The molecule has 7 nitrogen and oxygen atoms in total. The minimum atomic E-state index is 0.0465. The van der Waals surface area contributed by atoms with Crippen LogP contribution in [-0.4, -0.2) is 59.0 Å². The fourth-order valence-electron chi connectivity index (χ4n) is 4.68. The van der Waals surface area contributed by atoms with Gasteiger partial charge in [0, 0.05) is 55.4 Å². The highest BCUT2D eigenvalue weighted by Gasteiger charge is 2.30. The van der Waals surface area contributed by atoms with Crippen molar-refractivity contribution in [1.82, 2.24) is 19.7 Å². The summed E-state index contributed by atoms with van der Waals surface area (Å²) in [6.45, 7) is 4.04. The first-order chi connectivity index (χ1) is 14.7. The van der Waals surface area contributed by atoms with E-state index in [4.69, 9.17) is 4.74 Å². The number of nitrogens with one attached hydrogen (secondary N) is 1. The lowest BCUT2D eigenvalue weighted by atomic mass is 9.92. The van der Waals surface area contributed by atoms with E-state index in [9.17, 15) is 4.79 Å². The van der Waals surface area contributed by atoms with Crippen molar-refractivity contribution in [2.75, 3.05) is 38.2 Å². The third-order valence-corrected chi connectivity index (χ3v) is 6.39. The lowest BCUT2D eigenvalue weighted by Crippen LogP contribution is -2.52. The number of ether oxygens (including phenoxy) is 1. The number of anilines is 1. The predicted molar refractivity (Wildman–Crippen MR) is 117 cm³/mol. The molecule has 1 unspecified atom stereocenters.